The molecular weight excluding hydrogens is 226 g/mol. The number of rotatable bonds is 3. The molecule has 0 aliphatic heterocycles. The van der Waals surface area contributed by atoms with Crippen LogP contribution in [0.4, 0.5) is 0 Å². The topological polar surface area (TPSA) is 98.1 Å². The van der Waals surface area contributed by atoms with Gasteiger partial charge in [-0.15, -0.1) is 0 Å². The Morgan fingerprint density at radius 1 is 1.59 bits per heavy atom. The molecule has 0 aromatic carbocycles. The van der Waals surface area contributed by atoms with Crippen molar-refractivity contribution in [2.24, 2.45) is 0 Å². The highest BCUT2D eigenvalue weighted by atomic mass is 16.5. The van der Waals surface area contributed by atoms with E-state index in [-0.39, 0.29) is 29.4 Å². The third kappa shape index (κ3) is 2.22. The van der Waals surface area contributed by atoms with Crippen molar-refractivity contribution in [2.75, 3.05) is 6.61 Å². The van der Waals surface area contributed by atoms with Gasteiger partial charge in [-0.1, -0.05) is 0 Å². The quantitative estimate of drug-likeness (QED) is 0.782. The second kappa shape index (κ2) is 4.60. The molecule has 0 saturated carbocycles. The minimum atomic E-state index is -0.685. The van der Waals surface area contributed by atoms with Crippen molar-refractivity contribution in [2.45, 2.75) is 6.92 Å². The first-order valence-corrected chi connectivity index (χ1v) is 4.91. The van der Waals surface area contributed by atoms with E-state index in [9.17, 15) is 9.59 Å². The molecule has 0 bridgehead atoms. The molecular formula is C10H9N3O4. The molecule has 0 radical (unpaired) electrons. The number of carbonyl (C=O) groups is 1. The molecule has 0 aliphatic carbocycles. The van der Waals surface area contributed by atoms with Gasteiger partial charge in [-0.3, -0.25) is 4.79 Å². The highest BCUT2D eigenvalue weighted by Gasteiger charge is 2.17. The summed E-state index contributed by atoms with van der Waals surface area (Å²) >= 11 is 0. The second-order valence-electron chi connectivity index (χ2n) is 3.06. The summed E-state index contributed by atoms with van der Waals surface area (Å²) in [6.45, 7) is 1.88. The number of aromatic nitrogens is 3. The minimum absolute atomic E-state index is 0.0186. The number of esters is 1. The van der Waals surface area contributed by atoms with Gasteiger partial charge in [0.15, 0.2) is 0 Å². The van der Waals surface area contributed by atoms with Gasteiger partial charge in [-0.2, -0.15) is 4.98 Å². The molecule has 88 valence electrons. The average Bonchev–Trinajstić information content (AvgIpc) is 2.79. The highest BCUT2D eigenvalue weighted by Crippen LogP contribution is 2.11. The van der Waals surface area contributed by atoms with Gasteiger partial charge in [0.05, 0.1) is 6.61 Å². The highest BCUT2D eigenvalue weighted by molar-refractivity contribution is 5.85. The SMILES string of the molecule is CCOC(=O)c1noc(-c2ccc[nH]c2=O)n1. The van der Waals surface area contributed by atoms with Crippen molar-refractivity contribution in [1.82, 2.24) is 15.1 Å². The summed E-state index contributed by atoms with van der Waals surface area (Å²) in [5.41, 5.74) is -0.165. The fourth-order valence-electron chi connectivity index (χ4n) is 1.20. The summed E-state index contributed by atoms with van der Waals surface area (Å²) in [4.78, 5) is 29.0. The van der Waals surface area contributed by atoms with E-state index < -0.39 is 5.97 Å². The molecule has 2 aromatic heterocycles. The Hall–Kier alpha value is -2.44. The Morgan fingerprint density at radius 2 is 2.41 bits per heavy atom. The van der Waals surface area contributed by atoms with Crippen molar-refractivity contribution >= 4 is 5.97 Å². The maximum Gasteiger partial charge on any atom is 0.379 e. The molecule has 0 unspecified atom stereocenters. The molecule has 0 spiro atoms. The third-order valence-corrected chi connectivity index (χ3v) is 1.93. The van der Waals surface area contributed by atoms with Crippen LogP contribution in [0.2, 0.25) is 0 Å². The van der Waals surface area contributed by atoms with Crippen molar-refractivity contribution in [3.8, 4) is 11.5 Å². The number of ether oxygens (including phenoxy) is 1. The maximum absolute atomic E-state index is 11.4. The molecule has 7 heteroatoms. The fraction of sp³-hybridized carbons (Fsp3) is 0.200. The predicted octanol–water partition coefficient (Wildman–Crippen LogP) is 0.602. The second-order valence-corrected chi connectivity index (χ2v) is 3.06. The summed E-state index contributed by atoms with van der Waals surface area (Å²) in [6.07, 6.45) is 1.48. The maximum atomic E-state index is 11.4. The number of aromatic amines is 1. The molecule has 0 fully saturated rings. The van der Waals surface area contributed by atoms with Gasteiger partial charge in [-0.25, -0.2) is 4.79 Å². The van der Waals surface area contributed by atoms with E-state index in [2.05, 4.69) is 15.1 Å². The van der Waals surface area contributed by atoms with Crippen LogP contribution >= 0.6 is 0 Å². The van der Waals surface area contributed by atoms with Gasteiger partial charge in [0.2, 0.25) is 0 Å². The Bertz CT molecular complexity index is 587. The Morgan fingerprint density at radius 3 is 3.12 bits per heavy atom. The van der Waals surface area contributed by atoms with Crippen LogP contribution in [0.25, 0.3) is 11.5 Å². The first-order valence-electron chi connectivity index (χ1n) is 4.91. The lowest BCUT2D eigenvalue weighted by Gasteiger charge is -1.93. The van der Waals surface area contributed by atoms with Gasteiger partial charge in [0.1, 0.15) is 5.56 Å². The Labute approximate surface area is 95.4 Å². The van der Waals surface area contributed by atoms with Crippen molar-refractivity contribution < 1.29 is 14.1 Å². The molecule has 17 heavy (non-hydrogen) atoms. The number of pyridine rings is 1. The third-order valence-electron chi connectivity index (χ3n) is 1.93. The number of carbonyl (C=O) groups excluding carboxylic acids is 1. The largest absolute Gasteiger partial charge is 0.460 e. The van der Waals surface area contributed by atoms with Crippen LogP contribution in [-0.4, -0.2) is 27.7 Å². The molecule has 2 aromatic rings. The molecule has 0 aliphatic rings. The van der Waals surface area contributed by atoms with Gasteiger partial charge in [-0.05, 0) is 24.2 Å². The van der Waals surface area contributed by atoms with Gasteiger partial charge in [0.25, 0.3) is 17.3 Å². The van der Waals surface area contributed by atoms with Gasteiger partial charge >= 0.3 is 5.97 Å². The number of H-pyrrole nitrogens is 1. The van der Waals surface area contributed by atoms with E-state index in [1.807, 2.05) is 0 Å². The van der Waals surface area contributed by atoms with E-state index in [1.54, 1.807) is 13.0 Å². The van der Waals surface area contributed by atoms with E-state index in [4.69, 9.17) is 9.26 Å². The van der Waals surface area contributed by atoms with Crippen LogP contribution in [0.3, 0.4) is 0 Å². The zero-order valence-corrected chi connectivity index (χ0v) is 8.97. The summed E-state index contributed by atoms with van der Waals surface area (Å²) in [7, 11) is 0. The number of hydrogen-bond donors (Lipinski definition) is 1. The zero-order valence-electron chi connectivity index (χ0n) is 8.97. The first-order chi connectivity index (χ1) is 8.22. The minimum Gasteiger partial charge on any atom is -0.460 e. The van der Waals surface area contributed by atoms with E-state index in [0.717, 1.165) is 0 Å². The van der Waals surface area contributed by atoms with Crippen LogP contribution in [0.1, 0.15) is 17.5 Å². The lowest BCUT2D eigenvalue weighted by molar-refractivity contribution is 0.0508. The van der Waals surface area contributed by atoms with Crippen molar-refractivity contribution in [3.05, 3.63) is 34.5 Å². The Kier molecular flexibility index (Phi) is 2.99. The normalized spacial score (nSPS) is 10.2. The smallest absolute Gasteiger partial charge is 0.379 e. The molecule has 2 heterocycles. The van der Waals surface area contributed by atoms with E-state index in [1.165, 1.54) is 12.3 Å². The lowest BCUT2D eigenvalue weighted by Crippen LogP contribution is -2.08. The van der Waals surface area contributed by atoms with Crippen LogP contribution in [0, 0.1) is 0 Å². The van der Waals surface area contributed by atoms with E-state index >= 15 is 0 Å². The first kappa shape index (κ1) is 11.1. The molecule has 0 amide bonds. The monoisotopic (exact) mass is 235 g/mol. The average molecular weight is 235 g/mol. The number of nitrogens with one attached hydrogen (secondary N) is 1. The Balaban J connectivity index is 2.34. The van der Waals surface area contributed by atoms with Crippen LogP contribution in [0.15, 0.2) is 27.6 Å². The van der Waals surface area contributed by atoms with Crippen LogP contribution < -0.4 is 5.56 Å². The summed E-state index contributed by atoms with van der Waals surface area (Å²) in [6, 6.07) is 3.13. The standard InChI is InChI=1S/C10H9N3O4/c1-2-16-10(15)7-12-9(17-13-7)6-4-3-5-11-8(6)14/h3-5H,2H2,1H3,(H,11,14). The molecule has 2 rings (SSSR count). The summed E-state index contributed by atoms with van der Waals surface area (Å²) < 4.78 is 9.51. The fourth-order valence-corrected chi connectivity index (χ4v) is 1.20. The molecule has 7 nitrogen and oxygen atoms in total. The summed E-state index contributed by atoms with van der Waals surface area (Å²) in [5.74, 6) is -0.908. The van der Waals surface area contributed by atoms with Gasteiger partial charge < -0.3 is 14.2 Å². The molecule has 0 atom stereocenters. The van der Waals surface area contributed by atoms with Crippen LogP contribution in [0.5, 0.6) is 0 Å². The number of hydrogen-bond acceptors (Lipinski definition) is 6. The molecule has 0 saturated heterocycles. The summed E-state index contributed by atoms with van der Waals surface area (Å²) in [5, 5.41) is 3.44. The van der Waals surface area contributed by atoms with Crippen molar-refractivity contribution in [3.63, 3.8) is 0 Å². The lowest BCUT2D eigenvalue weighted by atomic mass is 10.3. The van der Waals surface area contributed by atoms with Crippen molar-refractivity contribution in [1.29, 1.82) is 0 Å². The predicted molar refractivity (Wildman–Crippen MR) is 56.3 cm³/mol. The van der Waals surface area contributed by atoms with Crippen LogP contribution in [-0.2, 0) is 4.74 Å². The molecule has 1 N–H and O–H groups in total. The van der Waals surface area contributed by atoms with Gasteiger partial charge in [0, 0.05) is 6.20 Å². The zero-order chi connectivity index (χ0) is 12.3. The number of nitrogens with zero attached hydrogens (tertiary/aromatic N) is 2. The van der Waals surface area contributed by atoms with E-state index in [0.29, 0.717) is 0 Å².